The lowest BCUT2D eigenvalue weighted by molar-refractivity contribution is 0.276. The summed E-state index contributed by atoms with van der Waals surface area (Å²) in [5.41, 5.74) is 1.23. The maximum absolute atomic E-state index is 8.75. The Kier molecular flexibility index (Phi) is 6.67. The lowest BCUT2D eigenvalue weighted by atomic mass is 10.1. The SMILES string of the molecule is CCOc1cccc(CNC(C)CCCO)c1. The Hall–Kier alpha value is -1.06. The van der Waals surface area contributed by atoms with Crippen molar-refractivity contribution in [2.75, 3.05) is 13.2 Å². The number of hydrogen-bond donors (Lipinski definition) is 2. The van der Waals surface area contributed by atoms with E-state index in [-0.39, 0.29) is 6.61 Å². The molecule has 17 heavy (non-hydrogen) atoms. The van der Waals surface area contributed by atoms with E-state index < -0.39 is 0 Å². The van der Waals surface area contributed by atoms with Gasteiger partial charge >= 0.3 is 0 Å². The third-order valence-corrected chi connectivity index (χ3v) is 2.66. The Morgan fingerprint density at radius 2 is 2.24 bits per heavy atom. The smallest absolute Gasteiger partial charge is 0.119 e. The van der Waals surface area contributed by atoms with E-state index >= 15 is 0 Å². The molecule has 3 nitrogen and oxygen atoms in total. The summed E-state index contributed by atoms with van der Waals surface area (Å²) in [7, 11) is 0. The van der Waals surface area contributed by atoms with Gasteiger partial charge in [0.15, 0.2) is 0 Å². The van der Waals surface area contributed by atoms with Crippen LogP contribution in [0.1, 0.15) is 32.3 Å². The summed E-state index contributed by atoms with van der Waals surface area (Å²) in [5.74, 6) is 0.926. The molecule has 1 aromatic carbocycles. The molecule has 0 saturated heterocycles. The second-order valence-electron chi connectivity index (χ2n) is 4.23. The van der Waals surface area contributed by atoms with Gasteiger partial charge < -0.3 is 15.2 Å². The Labute approximate surface area is 104 Å². The predicted octanol–water partition coefficient (Wildman–Crippen LogP) is 2.34. The normalized spacial score (nSPS) is 12.4. The zero-order valence-corrected chi connectivity index (χ0v) is 10.8. The minimum Gasteiger partial charge on any atom is -0.494 e. The molecule has 3 heteroatoms. The molecule has 0 fully saturated rings. The quantitative estimate of drug-likeness (QED) is 0.729. The van der Waals surface area contributed by atoms with Crippen LogP contribution in [0.3, 0.4) is 0 Å². The van der Waals surface area contributed by atoms with Crippen molar-refractivity contribution in [3.63, 3.8) is 0 Å². The van der Waals surface area contributed by atoms with Gasteiger partial charge in [-0.15, -0.1) is 0 Å². The van der Waals surface area contributed by atoms with Crippen molar-refractivity contribution in [2.45, 2.75) is 39.3 Å². The molecule has 1 unspecified atom stereocenters. The molecule has 0 bridgehead atoms. The maximum Gasteiger partial charge on any atom is 0.119 e. The van der Waals surface area contributed by atoms with Crippen molar-refractivity contribution in [1.29, 1.82) is 0 Å². The molecular formula is C14H23NO2. The summed E-state index contributed by atoms with van der Waals surface area (Å²) >= 11 is 0. The highest BCUT2D eigenvalue weighted by Crippen LogP contribution is 2.13. The van der Waals surface area contributed by atoms with E-state index in [1.54, 1.807) is 0 Å². The number of benzene rings is 1. The van der Waals surface area contributed by atoms with Crippen LogP contribution in [0.2, 0.25) is 0 Å². The monoisotopic (exact) mass is 237 g/mol. The standard InChI is InChI=1S/C14H23NO2/c1-3-17-14-8-4-7-13(10-14)11-15-12(2)6-5-9-16/h4,7-8,10,12,15-16H,3,5-6,9,11H2,1-2H3. The van der Waals surface area contributed by atoms with Crippen LogP contribution >= 0.6 is 0 Å². The van der Waals surface area contributed by atoms with Crippen molar-refractivity contribution < 1.29 is 9.84 Å². The summed E-state index contributed by atoms with van der Waals surface area (Å²) in [6.07, 6.45) is 1.86. The van der Waals surface area contributed by atoms with Crippen molar-refractivity contribution >= 4 is 0 Å². The number of rotatable bonds is 8. The molecule has 0 aliphatic heterocycles. The highest BCUT2D eigenvalue weighted by atomic mass is 16.5. The predicted molar refractivity (Wildman–Crippen MR) is 70.2 cm³/mol. The first kappa shape index (κ1) is 14.0. The second-order valence-corrected chi connectivity index (χ2v) is 4.23. The van der Waals surface area contributed by atoms with E-state index in [9.17, 15) is 0 Å². The average Bonchev–Trinajstić information content (AvgIpc) is 2.35. The lowest BCUT2D eigenvalue weighted by Crippen LogP contribution is -2.25. The van der Waals surface area contributed by atoms with E-state index in [1.165, 1.54) is 5.56 Å². The van der Waals surface area contributed by atoms with Gasteiger partial charge in [0, 0.05) is 19.2 Å². The molecule has 1 rings (SSSR count). The fraction of sp³-hybridized carbons (Fsp3) is 0.571. The summed E-state index contributed by atoms with van der Waals surface area (Å²) in [5, 5.41) is 12.2. The molecular weight excluding hydrogens is 214 g/mol. The van der Waals surface area contributed by atoms with Gasteiger partial charge in [0.25, 0.3) is 0 Å². The van der Waals surface area contributed by atoms with Crippen molar-refractivity contribution in [3.8, 4) is 5.75 Å². The van der Waals surface area contributed by atoms with Gasteiger partial charge in [-0.25, -0.2) is 0 Å². The van der Waals surface area contributed by atoms with E-state index in [0.717, 1.165) is 25.1 Å². The van der Waals surface area contributed by atoms with Crippen molar-refractivity contribution in [3.05, 3.63) is 29.8 Å². The highest BCUT2D eigenvalue weighted by Gasteiger charge is 2.01. The van der Waals surface area contributed by atoms with Gasteiger partial charge in [0.1, 0.15) is 5.75 Å². The van der Waals surface area contributed by atoms with Gasteiger partial charge in [-0.05, 0) is 44.4 Å². The van der Waals surface area contributed by atoms with E-state index in [4.69, 9.17) is 9.84 Å². The molecule has 0 amide bonds. The van der Waals surface area contributed by atoms with Gasteiger partial charge in [-0.3, -0.25) is 0 Å². The molecule has 1 aromatic rings. The molecule has 0 heterocycles. The maximum atomic E-state index is 8.75. The van der Waals surface area contributed by atoms with E-state index in [1.807, 2.05) is 19.1 Å². The van der Waals surface area contributed by atoms with Crippen LogP contribution in [0, 0.1) is 0 Å². The second kappa shape index (κ2) is 8.09. The first-order chi connectivity index (χ1) is 8.26. The van der Waals surface area contributed by atoms with Crippen LogP contribution in [-0.2, 0) is 6.54 Å². The fourth-order valence-electron chi connectivity index (χ4n) is 1.70. The number of hydrogen-bond acceptors (Lipinski definition) is 3. The van der Waals surface area contributed by atoms with Crippen LogP contribution < -0.4 is 10.1 Å². The Balaban J connectivity index is 2.37. The van der Waals surface area contributed by atoms with Crippen LogP contribution in [0.25, 0.3) is 0 Å². The summed E-state index contributed by atoms with van der Waals surface area (Å²) in [6, 6.07) is 8.57. The molecule has 96 valence electrons. The third kappa shape index (κ3) is 5.71. The molecule has 1 atom stereocenters. The molecule has 0 aliphatic carbocycles. The van der Waals surface area contributed by atoms with Gasteiger partial charge in [0.2, 0.25) is 0 Å². The first-order valence-electron chi connectivity index (χ1n) is 6.32. The highest BCUT2D eigenvalue weighted by molar-refractivity contribution is 5.28. The Morgan fingerprint density at radius 1 is 1.41 bits per heavy atom. The first-order valence-corrected chi connectivity index (χ1v) is 6.32. The largest absolute Gasteiger partial charge is 0.494 e. The van der Waals surface area contributed by atoms with E-state index in [0.29, 0.717) is 12.6 Å². The molecule has 0 spiro atoms. The minimum absolute atomic E-state index is 0.270. The zero-order valence-electron chi connectivity index (χ0n) is 10.8. The molecule has 2 N–H and O–H groups in total. The van der Waals surface area contributed by atoms with Gasteiger partial charge in [-0.1, -0.05) is 12.1 Å². The minimum atomic E-state index is 0.270. The van der Waals surface area contributed by atoms with Gasteiger partial charge in [-0.2, -0.15) is 0 Å². The molecule has 0 aromatic heterocycles. The average molecular weight is 237 g/mol. The van der Waals surface area contributed by atoms with Gasteiger partial charge in [0.05, 0.1) is 6.61 Å². The third-order valence-electron chi connectivity index (χ3n) is 2.66. The summed E-state index contributed by atoms with van der Waals surface area (Å²) < 4.78 is 5.46. The number of aliphatic hydroxyl groups is 1. The summed E-state index contributed by atoms with van der Waals surface area (Å²) in [6.45, 7) is 5.94. The molecule has 0 saturated carbocycles. The van der Waals surface area contributed by atoms with Crippen LogP contribution in [0.5, 0.6) is 5.75 Å². The number of aliphatic hydroxyl groups excluding tert-OH is 1. The number of ether oxygens (including phenoxy) is 1. The van der Waals surface area contributed by atoms with Crippen LogP contribution in [-0.4, -0.2) is 24.4 Å². The molecule has 0 aliphatic rings. The fourth-order valence-corrected chi connectivity index (χ4v) is 1.70. The van der Waals surface area contributed by atoms with Crippen LogP contribution in [0.15, 0.2) is 24.3 Å². The van der Waals surface area contributed by atoms with E-state index in [2.05, 4.69) is 24.4 Å². The summed E-state index contributed by atoms with van der Waals surface area (Å²) in [4.78, 5) is 0. The van der Waals surface area contributed by atoms with Crippen molar-refractivity contribution in [1.82, 2.24) is 5.32 Å². The topological polar surface area (TPSA) is 41.5 Å². The molecule has 0 radical (unpaired) electrons. The number of nitrogens with one attached hydrogen (secondary N) is 1. The zero-order chi connectivity index (χ0) is 12.5. The Morgan fingerprint density at radius 3 is 2.94 bits per heavy atom. The lowest BCUT2D eigenvalue weighted by Gasteiger charge is -2.13. The van der Waals surface area contributed by atoms with Crippen molar-refractivity contribution in [2.24, 2.45) is 0 Å². The Bertz CT molecular complexity index is 315. The van der Waals surface area contributed by atoms with Crippen LogP contribution in [0.4, 0.5) is 0 Å².